The Bertz CT molecular complexity index is 1040. The Morgan fingerprint density at radius 1 is 1.15 bits per heavy atom. The van der Waals surface area contributed by atoms with Crippen molar-refractivity contribution in [1.29, 1.82) is 0 Å². The van der Waals surface area contributed by atoms with Gasteiger partial charge in [-0.25, -0.2) is 4.98 Å². The summed E-state index contributed by atoms with van der Waals surface area (Å²) >= 11 is 0. The second-order valence-electron chi connectivity index (χ2n) is 6.17. The summed E-state index contributed by atoms with van der Waals surface area (Å²) in [5.74, 6) is 1.58. The van der Waals surface area contributed by atoms with Crippen LogP contribution in [-0.4, -0.2) is 21.0 Å². The van der Waals surface area contributed by atoms with Crippen molar-refractivity contribution in [3.63, 3.8) is 0 Å². The zero-order valence-electron chi connectivity index (χ0n) is 14.9. The van der Waals surface area contributed by atoms with Crippen LogP contribution in [0.5, 0.6) is 5.75 Å². The summed E-state index contributed by atoms with van der Waals surface area (Å²) in [4.78, 5) is 19.8. The molecule has 2 N–H and O–H groups in total. The molecule has 0 saturated carbocycles. The number of carbonyl (C=O) groups is 1. The number of ether oxygens (including phenoxy) is 1. The number of aryl methyl sites for hydroxylation is 2. The zero-order chi connectivity index (χ0) is 18.8. The lowest BCUT2D eigenvalue weighted by Gasteiger charge is -2.07. The minimum Gasteiger partial charge on any atom is -0.489 e. The number of benzene rings is 2. The van der Waals surface area contributed by atoms with E-state index in [1.807, 2.05) is 38.1 Å². The van der Waals surface area contributed by atoms with Crippen molar-refractivity contribution in [3.8, 4) is 5.75 Å². The molecule has 2 aromatic heterocycles. The van der Waals surface area contributed by atoms with Gasteiger partial charge in [-0.3, -0.25) is 10.1 Å². The molecule has 0 radical (unpaired) electrons. The van der Waals surface area contributed by atoms with E-state index in [1.165, 1.54) is 0 Å². The molecule has 0 saturated heterocycles. The van der Waals surface area contributed by atoms with Crippen molar-refractivity contribution in [2.45, 2.75) is 20.5 Å². The number of para-hydroxylation sites is 2. The quantitative estimate of drug-likeness (QED) is 0.560. The average Bonchev–Trinajstić information content (AvgIpc) is 3.23. The van der Waals surface area contributed by atoms with Crippen LogP contribution in [0.4, 0.5) is 5.95 Å². The van der Waals surface area contributed by atoms with Gasteiger partial charge in [0.2, 0.25) is 5.95 Å². The molecule has 27 heavy (non-hydrogen) atoms. The van der Waals surface area contributed by atoms with Crippen LogP contribution in [0.1, 0.15) is 27.4 Å². The third kappa shape index (κ3) is 3.52. The predicted molar refractivity (Wildman–Crippen MR) is 101 cm³/mol. The zero-order valence-corrected chi connectivity index (χ0v) is 14.9. The van der Waals surface area contributed by atoms with Crippen LogP contribution in [0.25, 0.3) is 11.0 Å². The Hall–Kier alpha value is -3.61. The van der Waals surface area contributed by atoms with Crippen molar-refractivity contribution < 1.29 is 14.1 Å². The van der Waals surface area contributed by atoms with E-state index in [4.69, 9.17) is 9.26 Å². The lowest BCUT2D eigenvalue weighted by atomic mass is 10.2. The number of nitrogens with one attached hydrogen (secondary N) is 2. The number of amides is 1. The third-order valence-electron chi connectivity index (χ3n) is 4.30. The molecule has 0 fully saturated rings. The largest absolute Gasteiger partial charge is 0.489 e. The van der Waals surface area contributed by atoms with Crippen LogP contribution in [0.3, 0.4) is 0 Å². The first kappa shape index (κ1) is 16.8. The molecule has 0 aliphatic heterocycles. The van der Waals surface area contributed by atoms with Crippen LogP contribution in [0.15, 0.2) is 53.1 Å². The Balaban J connectivity index is 1.41. The van der Waals surface area contributed by atoms with E-state index < -0.39 is 0 Å². The fourth-order valence-corrected chi connectivity index (χ4v) is 2.76. The SMILES string of the molecule is Cc1noc(C)c1COc1ccc(C(=O)Nc2nc3ccccc3[nH]2)cc1. The van der Waals surface area contributed by atoms with Gasteiger partial charge >= 0.3 is 0 Å². The van der Waals surface area contributed by atoms with E-state index in [-0.39, 0.29) is 5.91 Å². The Labute approximate surface area is 155 Å². The predicted octanol–water partition coefficient (Wildman–Crippen LogP) is 4.00. The number of fused-ring (bicyclic) bond motifs is 1. The molecule has 0 bridgehead atoms. The van der Waals surface area contributed by atoms with Gasteiger partial charge in [-0.05, 0) is 50.2 Å². The number of hydrogen-bond acceptors (Lipinski definition) is 5. The molecule has 0 atom stereocenters. The monoisotopic (exact) mass is 362 g/mol. The van der Waals surface area contributed by atoms with Gasteiger partial charge in [0.05, 0.1) is 22.3 Å². The Kier molecular flexibility index (Phi) is 4.33. The van der Waals surface area contributed by atoms with Gasteiger partial charge in [-0.1, -0.05) is 17.3 Å². The number of imidazole rings is 1. The normalized spacial score (nSPS) is 10.9. The molecule has 4 aromatic rings. The molecule has 0 aliphatic rings. The van der Waals surface area contributed by atoms with Crippen molar-refractivity contribution in [2.75, 3.05) is 5.32 Å². The molecule has 7 heteroatoms. The van der Waals surface area contributed by atoms with Gasteiger partial charge in [0.1, 0.15) is 18.1 Å². The van der Waals surface area contributed by atoms with Gasteiger partial charge in [0, 0.05) is 5.56 Å². The molecule has 2 heterocycles. The van der Waals surface area contributed by atoms with Gasteiger partial charge in [0.25, 0.3) is 5.91 Å². The lowest BCUT2D eigenvalue weighted by Crippen LogP contribution is -2.12. The molecule has 0 unspecified atom stereocenters. The number of nitrogens with zero attached hydrogens (tertiary/aromatic N) is 2. The van der Waals surface area contributed by atoms with Crippen molar-refractivity contribution >= 4 is 22.9 Å². The standard InChI is InChI=1S/C20H18N4O3/c1-12-16(13(2)27-24-12)11-26-15-9-7-14(8-10-15)19(25)23-20-21-17-5-3-4-6-18(17)22-20/h3-10H,11H2,1-2H3,(H2,21,22,23,25). The van der Waals surface area contributed by atoms with Crippen LogP contribution in [-0.2, 0) is 6.61 Å². The topological polar surface area (TPSA) is 93.0 Å². The number of H-pyrrole nitrogens is 1. The van der Waals surface area contributed by atoms with E-state index in [0.29, 0.717) is 23.9 Å². The van der Waals surface area contributed by atoms with Crippen molar-refractivity contribution in [1.82, 2.24) is 15.1 Å². The highest BCUT2D eigenvalue weighted by Crippen LogP contribution is 2.19. The third-order valence-corrected chi connectivity index (χ3v) is 4.30. The maximum absolute atomic E-state index is 12.4. The molecular weight excluding hydrogens is 344 g/mol. The summed E-state index contributed by atoms with van der Waals surface area (Å²) in [6.45, 7) is 4.09. The van der Waals surface area contributed by atoms with Gasteiger partial charge < -0.3 is 14.2 Å². The number of hydrogen-bond donors (Lipinski definition) is 2. The minimum atomic E-state index is -0.244. The molecule has 7 nitrogen and oxygen atoms in total. The van der Waals surface area contributed by atoms with Crippen LogP contribution >= 0.6 is 0 Å². The second-order valence-corrected chi connectivity index (χ2v) is 6.17. The summed E-state index contributed by atoms with van der Waals surface area (Å²) in [7, 11) is 0. The number of anilines is 1. The van der Waals surface area contributed by atoms with Gasteiger partial charge in [-0.15, -0.1) is 0 Å². The number of aromatic amines is 1. The van der Waals surface area contributed by atoms with Crippen molar-refractivity contribution in [2.24, 2.45) is 0 Å². The minimum absolute atomic E-state index is 0.244. The van der Waals surface area contributed by atoms with E-state index in [1.54, 1.807) is 24.3 Å². The van der Waals surface area contributed by atoms with Gasteiger partial charge in [0.15, 0.2) is 0 Å². The van der Waals surface area contributed by atoms with E-state index in [0.717, 1.165) is 28.1 Å². The summed E-state index contributed by atoms with van der Waals surface area (Å²) in [6, 6.07) is 14.5. The smallest absolute Gasteiger partial charge is 0.257 e. The fourth-order valence-electron chi connectivity index (χ4n) is 2.76. The first-order valence-corrected chi connectivity index (χ1v) is 8.51. The van der Waals surface area contributed by atoms with Crippen molar-refractivity contribution in [3.05, 3.63) is 71.1 Å². The van der Waals surface area contributed by atoms with E-state index >= 15 is 0 Å². The lowest BCUT2D eigenvalue weighted by molar-refractivity contribution is 0.102. The molecule has 2 aromatic carbocycles. The summed E-state index contributed by atoms with van der Waals surface area (Å²) in [5.41, 5.74) is 3.93. The molecule has 4 rings (SSSR count). The number of aromatic nitrogens is 3. The highest BCUT2D eigenvalue weighted by atomic mass is 16.5. The highest BCUT2D eigenvalue weighted by molar-refractivity contribution is 6.04. The van der Waals surface area contributed by atoms with Crippen LogP contribution < -0.4 is 10.1 Å². The molecule has 0 spiro atoms. The van der Waals surface area contributed by atoms with E-state index in [9.17, 15) is 4.79 Å². The summed E-state index contributed by atoms with van der Waals surface area (Å²) in [6.07, 6.45) is 0. The molecular formula is C20H18N4O3. The van der Waals surface area contributed by atoms with E-state index in [2.05, 4.69) is 20.4 Å². The average molecular weight is 362 g/mol. The highest BCUT2D eigenvalue weighted by Gasteiger charge is 2.11. The number of carbonyl (C=O) groups excluding carboxylic acids is 1. The Morgan fingerprint density at radius 2 is 1.93 bits per heavy atom. The first-order valence-electron chi connectivity index (χ1n) is 8.51. The van der Waals surface area contributed by atoms with Crippen LogP contribution in [0.2, 0.25) is 0 Å². The maximum Gasteiger partial charge on any atom is 0.257 e. The molecule has 136 valence electrons. The first-order chi connectivity index (χ1) is 13.1. The summed E-state index contributed by atoms with van der Waals surface area (Å²) < 4.78 is 10.9. The van der Waals surface area contributed by atoms with Crippen LogP contribution in [0, 0.1) is 13.8 Å². The Morgan fingerprint density at radius 3 is 2.63 bits per heavy atom. The number of rotatable bonds is 5. The second kappa shape index (κ2) is 6.95. The summed E-state index contributed by atoms with van der Waals surface area (Å²) in [5, 5.41) is 6.67. The van der Waals surface area contributed by atoms with Gasteiger partial charge in [-0.2, -0.15) is 0 Å². The molecule has 1 amide bonds. The molecule has 0 aliphatic carbocycles. The fraction of sp³-hybridized carbons (Fsp3) is 0.150. The maximum atomic E-state index is 12.4.